The van der Waals surface area contributed by atoms with Gasteiger partial charge in [-0.25, -0.2) is 0 Å². The minimum Gasteiger partial charge on any atom is -0.393 e. The van der Waals surface area contributed by atoms with Crippen LogP contribution in [0.25, 0.3) is 0 Å². The Morgan fingerprint density at radius 3 is 2.45 bits per heavy atom. The highest BCUT2D eigenvalue weighted by Crippen LogP contribution is 2.67. The number of hydrogen-bond donors (Lipinski definition) is 2. The second-order valence-corrected chi connectivity index (χ2v) is 13.5. The third-order valence-corrected chi connectivity index (χ3v) is 11.3. The molecule has 3 fully saturated rings. The number of fused-ring (bicyclic) bond motifs is 5. The summed E-state index contributed by atoms with van der Waals surface area (Å²) in [7, 11) is 0. The van der Waals surface area contributed by atoms with Crippen LogP contribution in [0.15, 0.2) is 11.6 Å². The van der Waals surface area contributed by atoms with Crippen molar-refractivity contribution in [3.05, 3.63) is 11.6 Å². The number of alkyl halides is 3. The minimum absolute atomic E-state index is 0.169. The molecule has 2 N–H and O–H groups in total. The first-order valence-electron chi connectivity index (χ1n) is 15.4. The van der Waals surface area contributed by atoms with Gasteiger partial charge in [0.2, 0.25) is 0 Å². The lowest BCUT2D eigenvalue weighted by atomic mass is 9.47. The molecule has 0 aliphatic heterocycles. The highest BCUT2D eigenvalue weighted by molar-refractivity contribution is 5.48. The Bertz CT molecular complexity index is 795. The molecule has 4 aliphatic carbocycles. The van der Waals surface area contributed by atoms with Crippen molar-refractivity contribution in [2.75, 3.05) is 0 Å². The van der Waals surface area contributed by atoms with E-state index >= 15 is 0 Å². The Kier molecular flexibility index (Phi) is 11.0. The standard InChI is InChI=1S/C26H41F3O2.C6H12O/c1-16(5-4-6-23(31)26(27,28)29)20-9-10-21-19-8-7-17-15-18(30)11-13-24(17,2)22(19)12-14-25(20,21)3;1-2-3-4-5-6-7/h7,16,18-23,30-31H,4-6,8-15H2,1-3H3;6H,2-5H2,1H3/t16?,18-,19-,20+,21-,22-,23?,24-,25+;/m0./s1. The van der Waals surface area contributed by atoms with Crippen LogP contribution < -0.4 is 0 Å². The largest absolute Gasteiger partial charge is 0.414 e. The van der Waals surface area contributed by atoms with Gasteiger partial charge < -0.3 is 15.0 Å². The smallest absolute Gasteiger partial charge is 0.393 e. The summed E-state index contributed by atoms with van der Waals surface area (Å²) >= 11 is 0. The van der Waals surface area contributed by atoms with E-state index in [9.17, 15) is 28.2 Å². The summed E-state index contributed by atoms with van der Waals surface area (Å²) in [6, 6.07) is 0. The van der Waals surface area contributed by atoms with Crippen LogP contribution in [-0.4, -0.2) is 34.9 Å². The predicted octanol–water partition coefficient (Wildman–Crippen LogP) is 8.42. The molecule has 0 spiro atoms. The summed E-state index contributed by atoms with van der Waals surface area (Å²) in [6.07, 6.45) is 10.8. The molecule has 0 radical (unpaired) electrons. The Morgan fingerprint density at radius 1 is 1.05 bits per heavy atom. The van der Waals surface area contributed by atoms with Crippen LogP contribution in [0.1, 0.15) is 124 Å². The number of rotatable bonds is 9. The van der Waals surface area contributed by atoms with Gasteiger partial charge in [-0.05, 0) is 105 Å². The Morgan fingerprint density at radius 2 is 1.79 bits per heavy atom. The van der Waals surface area contributed by atoms with Crippen molar-refractivity contribution >= 4 is 6.29 Å². The zero-order chi connectivity index (χ0) is 28.1. The molecule has 4 rings (SSSR count). The van der Waals surface area contributed by atoms with Crippen molar-refractivity contribution in [3.63, 3.8) is 0 Å². The van der Waals surface area contributed by atoms with Crippen molar-refractivity contribution in [2.45, 2.75) is 142 Å². The fourth-order valence-electron chi connectivity index (χ4n) is 9.09. The Balaban J connectivity index is 0.000000505. The van der Waals surface area contributed by atoms with E-state index in [4.69, 9.17) is 0 Å². The van der Waals surface area contributed by atoms with Gasteiger partial charge >= 0.3 is 6.18 Å². The Hall–Kier alpha value is -0.880. The molecule has 4 aliphatic rings. The molecule has 2 unspecified atom stereocenters. The van der Waals surface area contributed by atoms with Gasteiger partial charge in [0, 0.05) is 6.42 Å². The fourth-order valence-corrected chi connectivity index (χ4v) is 9.09. The molecular formula is C32H53F3O3. The number of hydrogen-bond acceptors (Lipinski definition) is 3. The number of carbonyl (C=O) groups is 1. The maximum Gasteiger partial charge on any atom is 0.414 e. The van der Waals surface area contributed by atoms with Crippen molar-refractivity contribution in [1.29, 1.82) is 0 Å². The van der Waals surface area contributed by atoms with Crippen molar-refractivity contribution in [1.82, 2.24) is 0 Å². The van der Waals surface area contributed by atoms with E-state index in [1.165, 1.54) is 44.1 Å². The number of carbonyl (C=O) groups excluding carboxylic acids is 1. The summed E-state index contributed by atoms with van der Waals surface area (Å²) in [5.74, 6) is 3.12. The molecule has 0 aromatic carbocycles. The average Bonchev–Trinajstić information content (AvgIpc) is 3.22. The molecule has 6 heteroatoms. The van der Waals surface area contributed by atoms with E-state index in [0.717, 1.165) is 51.2 Å². The number of aliphatic hydroxyl groups excluding tert-OH is 2. The number of unbranched alkanes of at least 4 members (excludes halogenated alkanes) is 3. The average molecular weight is 543 g/mol. The van der Waals surface area contributed by atoms with Gasteiger partial charge in [0.25, 0.3) is 0 Å². The van der Waals surface area contributed by atoms with Crippen LogP contribution in [0.4, 0.5) is 13.2 Å². The number of aldehydes is 1. The molecule has 0 amide bonds. The van der Waals surface area contributed by atoms with E-state index in [-0.39, 0.29) is 17.9 Å². The molecule has 220 valence electrons. The molecular weight excluding hydrogens is 489 g/mol. The van der Waals surface area contributed by atoms with E-state index in [1.807, 2.05) is 0 Å². The summed E-state index contributed by atoms with van der Waals surface area (Å²) in [6.45, 7) is 9.28. The topological polar surface area (TPSA) is 57.5 Å². The van der Waals surface area contributed by atoms with Gasteiger partial charge in [0.05, 0.1) is 6.10 Å². The monoisotopic (exact) mass is 542 g/mol. The van der Waals surface area contributed by atoms with Crippen molar-refractivity contribution < 1.29 is 28.2 Å². The lowest BCUT2D eigenvalue weighted by molar-refractivity contribution is -0.205. The normalized spacial score (nSPS) is 38.0. The van der Waals surface area contributed by atoms with Crippen molar-refractivity contribution in [3.8, 4) is 0 Å². The van der Waals surface area contributed by atoms with Crippen LogP contribution in [0.2, 0.25) is 0 Å². The summed E-state index contributed by atoms with van der Waals surface area (Å²) in [5, 5.41) is 19.5. The van der Waals surface area contributed by atoms with Crippen LogP contribution in [-0.2, 0) is 4.79 Å². The lowest BCUT2D eigenvalue weighted by Crippen LogP contribution is -2.50. The first-order valence-corrected chi connectivity index (χ1v) is 15.4. The second kappa shape index (κ2) is 13.2. The molecule has 3 nitrogen and oxygen atoms in total. The van der Waals surface area contributed by atoms with E-state index in [2.05, 4.69) is 33.8 Å². The Labute approximate surface area is 229 Å². The number of aliphatic hydroxyl groups is 2. The minimum atomic E-state index is -4.50. The quantitative estimate of drug-likeness (QED) is 0.175. The van der Waals surface area contributed by atoms with Crippen LogP contribution in [0.5, 0.6) is 0 Å². The van der Waals surface area contributed by atoms with E-state index < -0.39 is 12.3 Å². The van der Waals surface area contributed by atoms with Gasteiger partial charge in [-0.3, -0.25) is 0 Å². The van der Waals surface area contributed by atoms with Crippen LogP contribution in [0, 0.1) is 40.4 Å². The lowest BCUT2D eigenvalue weighted by Gasteiger charge is -2.58. The third kappa shape index (κ3) is 6.87. The third-order valence-electron chi connectivity index (χ3n) is 11.3. The van der Waals surface area contributed by atoms with Crippen molar-refractivity contribution in [2.24, 2.45) is 40.4 Å². The first kappa shape index (κ1) is 31.6. The highest BCUT2D eigenvalue weighted by Gasteiger charge is 2.59. The second-order valence-electron chi connectivity index (χ2n) is 13.5. The molecule has 3 saturated carbocycles. The van der Waals surface area contributed by atoms with Gasteiger partial charge in [-0.2, -0.15) is 13.2 Å². The molecule has 38 heavy (non-hydrogen) atoms. The summed E-state index contributed by atoms with van der Waals surface area (Å²) in [4.78, 5) is 9.68. The molecule has 0 aromatic heterocycles. The zero-order valence-corrected chi connectivity index (χ0v) is 24.2. The maximum absolute atomic E-state index is 12.6. The summed E-state index contributed by atoms with van der Waals surface area (Å²) in [5.41, 5.74) is 2.04. The summed E-state index contributed by atoms with van der Waals surface area (Å²) < 4.78 is 37.9. The van der Waals surface area contributed by atoms with E-state index in [1.54, 1.807) is 0 Å². The molecule has 0 bridgehead atoms. The highest BCUT2D eigenvalue weighted by atomic mass is 19.4. The molecule has 0 aromatic rings. The SMILES string of the molecule is CC(CCCC(O)C(F)(F)F)[C@H]1CC[C@H]2[C@@H]3CC=C4C[C@@H](O)CC[C@]4(C)[C@H]3CC[C@]12C.CCCCCC=O. The molecule has 0 saturated heterocycles. The zero-order valence-electron chi connectivity index (χ0n) is 24.2. The molecule has 9 atom stereocenters. The van der Waals surface area contributed by atoms with E-state index in [0.29, 0.717) is 41.4 Å². The predicted molar refractivity (Wildman–Crippen MR) is 146 cm³/mol. The first-order chi connectivity index (χ1) is 17.9. The van der Waals surface area contributed by atoms with Crippen LogP contribution >= 0.6 is 0 Å². The molecule has 0 heterocycles. The van der Waals surface area contributed by atoms with Gasteiger partial charge in [-0.15, -0.1) is 0 Å². The number of allylic oxidation sites excluding steroid dienone is 1. The van der Waals surface area contributed by atoms with Gasteiger partial charge in [-0.1, -0.05) is 65.0 Å². The maximum atomic E-state index is 12.6. The number of halogens is 3. The van der Waals surface area contributed by atoms with Gasteiger partial charge in [0.15, 0.2) is 0 Å². The fraction of sp³-hybridized carbons (Fsp3) is 0.906. The van der Waals surface area contributed by atoms with Gasteiger partial charge in [0.1, 0.15) is 12.4 Å². The van der Waals surface area contributed by atoms with Crippen LogP contribution in [0.3, 0.4) is 0 Å².